The normalized spacial score (nSPS) is 13.6. The summed E-state index contributed by atoms with van der Waals surface area (Å²) in [7, 11) is 0. The molecule has 4 nitrogen and oxygen atoms in total. The molecule has 0 bridgehead atoms. The molecule has 0 aromatic heterocycles. The molecule has 2 rings (SSSR count). The predicted molar refractivity (Wildman–Crippen MR) is 78.8 cm³/mol. The number of hydrogen-bond acceptors (Lipinski definition) is 3. The number of hydrogen-bond donors (Lipinski definition) is 2. The van der Waals surface area contributed by atoms with Gasteiger partial charge in [0.1, 0.15) is 0 Å². The Hall–Kier alpha value is -2.17. The Morgan fingerprint density at radius 1 is 1.05 bits per heavy atom. The van der Waals surface area contributed by atoms with Crippen molar-refractivity contribution in [3.05, 3.63) is 71.3 Å². The van der Waals surface area contributed by atoms with Crippen LogP contribution in [-0.2, 0) is 21.7 Å². The van der Waals surface area contributed by atoms with E-state index in [0.717, 1.165) is 5.56 Å². The third-order valence-corrected chi connectivity index (χ3v) is 3.35. The van der Waals surface area contributed by atoms with Crippen molar-refractivity contribution in [2.45, 2.75) is 19.1 Å². The lowest BCUT2D eigenvalue weighted by atomic mass is 9.86. The summed E-state index contributed by atoms with van der Waals surface area (Å²) in [5.41, 5.74) is -0.469. The maximum Gasteiger partial charge on any atom is 0.345 e. The molecule has 0 aliphatic heterocycles. The van der Waals surface area contributed by atoms with Crippen LogP contribution < -0.4 is 0 Å². The molecular formula is C17H18O4. The number of aliphatic hydroxyl groups is 1. The number of benzene rings is 2. The number of carbonyl (C=O) groups is 1. The molecule has 4 heteroatoms. The van der Waals surface area contributed by atoms with E-state index in [0.29, 0.717) is 24.3 Å². The number of rotatable bonds is 6. The highest BCUT2D eigenvalue weighted by molar-refractivity contribution is 5.83. The van der Waals surface area contributed by atoms with E-state index in [-0.39, 0.29) is 0 Å². The Kier molecular flexibility index (Phi) is 4.73. The summed E-state index contributed by atoms with van der Waals surface area (Å²) in [6, 6.07) is 15.1. The summed E-state index contributed by atoms with van der Waals surface area (Å²) in [4.78, 5) is 11.6. The second-order valence-corrected chi connectivity index (χ2v) is 4.72. The van der Waals surface area contributed by atoms with Gasteiger partial charge < -0.3 is 14.9 Å². The van der Waals surface area contributed by atoms with Gasteiger partial charge in [0.05, 0.1) is 6.61 Å². The lowest BCUT2D eigenvalue weighted by Crippen LogP contribution is -2.36. The third kappa shape index (κ3) is 3.12. The fourth-order valence-electron chi connectivity index (χ4n) is 2.16. The van der Waals surface area contributed by atoms with Crippen LogP contribution >= 0.6 is 0 Å². The van der Waals surface area contributed by atoms with Gasteiger partial charge >= 0.3 is 5.97 Å². The third-order valence-electron chi connectivity index (χ3n) is 3.35. The Balaban J connectivity index is 2.37. The molecule has 2 N–H and O–H groups in total. The molecule has 0 aliphatic rings. The molecular weight excluding hydrogens is 268 g/mol. The van der Waals surface area contributed by atoms with Crippen molar-refractivity contribution in [3.8, 4) is 0 Å². The molecule has 0 aliphatic carbocycles. The van der Waals surface area contributed by atoms with Crippen LogP contribution in [-0.4, -0.2) is 22.8 Å². The first-order valence-electron chi connectivity index (χ1n) is 6.77. The highest BCUT2D eigenvalue weighted by atomic mass is 16.5. The highest BCUT2D eigenvalue weighted by Gasteiger charge is 2.39. The van der Waals surface area contributed by atoms with Crippen molar-refractivity contribution >= 4 is 5.97 Å². The Morgan fingerprint density at radius 2 is 1.62 bits per heavy atom. The average Bonchev–Trinajstić information content (AvgIpc) is 2.53. The molecule has 0 unspecified atom stereocenters. The van der Waals surface area contributed by atoms with Gasteiger partial charge in [-0.25, -0.2) is 4.79 Å². The number of carboxylic acid groups (broad SMARTS) is 1. The van der Waals surface area contributed by atoms with Crippen LogP contribution in [0.5, 0.6) is 0 Å². The minimum absolute atomic E-state index is 0.321. The SMILES string of the molecule is CCOCc1ccc([C@@](O)(C(=O)O)c2ccccc2)cc1. The maximum atomic E-state index is 11.6. The minimum atomic E-state index is -2.05. The van der Waals surface area contributed by atoms with Crippen LogP contribution in [0.3, 0.4) is 0 Å². The highest BCUT2D eigenvalue weighted by Crippen LogP contribution is 2.30. The van der Waals surface area contributed by atoms with E-state index in [1.165, 1.54) is 0 Å². The van der Waals surface area contributed by atoms with E-state index in [1.54, 1.807) is 54.6 Å². The average molecular weight is 286 g/mol. The molecule has 21 heavy (non-hydrogen) atoms. The molecule has 0 saturated heterocycles. The van der Waals surface area contributed by atoms with Crippen molar-refractivity contribution in [1.29, 1.82) is 0 Å². The van der Waals surface area contributed by atoms with Gasteiger partial charge in [-0.2, -0.15) is 0 Å². The lowest BCUT2D eigenvalue weighted by molar-refractivity contribution is -0.155. The molecule has 0 fully saturated rings. The van der Waals surface area contributed by atoms with Crippen LogP contribution in [0.1, 0.15) is 23.6 Å². The van der Waals surface area contributed by atoms with Gasteiger partial charge in [0.2, 0.25) is 5.60 Å². The van der Waals surface area contributed by atoms with Gasteiger partial charge in [-0.1, -0.05) is 54.6 Å². The standard InChI is InChI=1S/C17H18O4/c1-2-21-12-13-8-10-15(11-9-13)17(20,16(18)19)14-6-4-3-5-7-14/h3-11,20H,2,12H2,1H3,(H,18,19)/t17-/m1/s1. The van der Waals surface area contributed by atoms with Crippen LogP contribution in [0.25, 0.3) is 0 Å². The maximum absolute atomic E-state index is 11.6. The van der Waals surface area contributed by atoms with Gasteiger partial charge in [0.25, 0.3) is 0 Å². The molecule has 0 saturated carbocycles. The zero-order valence-electron chi connectivity index (χ0n) is 11.8. The van der Waals surface area contributed by atoms with Gasteiger partial charge in [-0.15, -0.1) is 0 Å². The lowest BCUT2D eigenvalue weighted by Gasteiger charge is -2.24. The second-order valence-electron chi connectivity index (χ2n) is 4.72. The summed E-state index contributed by atoms with van der Waals surface area (Å²) in [6.45, 7) is 2.99. The summed E-state index contributed by atoms with van der Waals surface area (Å²) < 4.78 is 5.30. The molecule has 2 aromatic rings. The number of ether oxygens (including phenoxy) is 1. The topological polar surface area (TPSA) is 66.8 Å². The molecule has 0 heterocycles. The largest absolute Gasteiger partial charge is 0.479 e. The van der Waals surface area contributed by atoms with Crippen molar-refractivity contribution in [3.63, 3.8) is 0 Å². The Labute approximate surface area is 123 Å². The van der Waals surface area contributed by atoms with Gasteiger partial charge in [0.15, 0.2) is 0 Å². The zero-order valence-corrected chi connectivity index (χ0v) is 11.8. The van der Waals surface area contributed by atoms with Gasteiger partial charge in [-0.3, -0.25) is 0 Å². The molecule has 0 radical (unpaired) electrons. The monoisotopic (exact) mass is 286 g/mol. The van der Waals surface area contributed by atoms with Crippen molar-refractivity contribution in [1.82, 2.24) is 0 Å². The second kappa shape index (κ2) is 6.52. The van der Waals surface area contributed by atoms with Crippen LogP contribution in [0.4, 0.5) is 0 Å². The molecule has 110 valence electrons. The number of carboxylic acids is 1. The Bertz CT molecular complexity index is 592. The molecule has 2 aromatic carbocycles. The summed E-state index contributed by atoms with van der Waals surface area (Å²) in [6.07, 6.45) is 0. The van der Waals surface area contributed by atoms with E-state index >= 15 is 0 Å². The molecule has 1 atom stereocenters. The van der Waals surface area contributed by atoms with E-state index in [1.807, 2.05) is 6.92 Å². The smallest absolute Gasteiger partial charge is 0.345 e. The minimum Gasteiger partial charge on any atom is -0.479 e. The van der Waals surface area contributed by atoms with Crippen LogP contribution in [0.2, 0.25) is 0 Å². The van der Waals surface area contributed by atoms with Crippen LogP contribution in [0.15, 0.2) is 54.6 Å². The first-order valence-corrected chi connectivity index (χ1v) is 6.77. The van der Waals surface area contributed by atoms with Gasteiger partial charge in [0, 0.05) is 6.61 Å². The quantitative estimate of drug-likeness (QED) is 0.856. The zero-order chi connectivity index (χ0) is 15.3. The van der Waals surface area contributed by atoms with Crippen LogP contribution in [0, 0.1) is 0 Å². The van der Waals surface area contributed by atoms with E-state index in [9.17, 15) is 15.0 Å². The van der Waals surface area contributed by atoms with E-state index in [2.05, 4.69) is 0 Å². The first kappa shape index (κ1) is 15.2. The van der Waals surface area contributed by atoms with Gasteiger partial charge in [-0.05, 0) is 23.6 Å². The fraction of sp³-hybridized carbons (Fsp3) is 0.235. The van der Waals surface area contributed by atoms with Crippen molar-refractivity contribution in [2.24, 2.45) is 0 Å². The summed E-state index contributed by atoms with van der Waals surface area (Å²) in [5, 5.41) is 20.1. The summed E-state index contributed by atoms with van der Waals surface area (Å²) in [5.74, 6) is -1.30. The first-order chi connectivity index (χ1) is 10.1. The number of aliphatic carboxylic acids is 1. The van der Waals surface area contributed by atoms with E-state index < -0.39 is 11.6 Å². The van der Waals surface area contributed by atoms with E-state index in [4.69, 9.17) is 4.74 Å². The van der Waals surface area contributed by atoms with Crippen molar-refractivity contribution < 1.29 is 19.7 Å². The predicted octanol–water partition coefficient (Wildman–Crippen LogP) is 2.54. The Morgan fingerprint density at radius 3 is 2.14 bits per heavy atom. The fourth-order valence-corrected chi connectivity index (χ4v) is 2.16. The molecule has 0 amide bonds. The molecule has 0 spiro atoms. The summed E-state index contributed by atoms with van der Waals surface area (Å²) >= 11 is 0. The van der Waals surface area contributed by atoms with Crippen molar-refractivity contribution in [2.75, 3.05) is 6.61 Å².